The lowest BCUT2D eigenvalue weighted by atomic mass is 10.3. The highest BCUT2D eigenvalue weighted by Crippen LogP contribution is 2.31. The van der Waals surface area contributed by atoms with Crippen molar-refractivity contribution in [1.82, 2.24) is 0 Å². The largest absolute Gasteiger partial charge is 0.494 e. The maximum atomic E-state index is 12.3. The van der Waals surface area contributed by atoms with Crippen molar-refractivity contribution in [2.75, 3.05) is 11.3 Å². The van der Waals surface area contributed by atoms with E-state index in [-0.39, 0.29) is 4.90 Å². The molecule has 0 amide bonds. The van der Waals surface area contributed by atoms with Gasteiger partial charge in [-0.1, -0.05) is 6.07 Å². The average Bonchev–Trinajstić information content (AvgIpc) is 2.69. The summed E-state index contributed by atoms with van der Waals surface area (Å²) in [5.41, 5.74) is 0.484. The molecule has 0 bridgehead atoms. The van der Waals surface area contributed by atoms with E-state index in [1.54, 1.807) is 37.3 Å². The van der Waals surface area contributed by atoms with Gasteiger partial charge in [0.2, 0.25) is 0 Å². The Kier molecular flexibility index (Phi) is 4.72. The molecule has 20 heavy (non-hydrogen) atoms. The van der Waals surface area contributed by atoms with Crippen molar-refractivity contribution in [2.24, 2.45) is 0 Å². The van der Waals surface area contributed by atoms with Crippen LogP contribution in [0.3, 0.4) is 0 Å². The predicted molar refractivity (Wildman–Crippen MR) is 85.2 cm³/mol. The Bertz CT molecular complexity index is 710. The molecule has 108 valence electrons. The quantitative estimate of drug-likeness (QED) is 0.858. The molecule has 0 aliphatic rings. The summed E-state index contributed by atoms with van der Waals surface area (Å²) in [4.78, 5) is 1.03. The third-order valence-corrected chi connectivity index (χ3v) is 5.72. The maximum absolute atomic E-state index is 12.3. The van der Waals surface area contributed by atoms with E-state index in [0.717, 1.165) is 8.66 Å². The normalized spacial score (nSPS) is 11.3. The van der Waals surface area contributed by atoms with Crippen molar-refractivity contribution in [3.05, 3.63) is 39.0 Å². The number of nitrogens with one attached hydrogen (secondary N) is 1. The zero-order chi connectivity index (χ0) is 14.8. The molecule has 0 saturated heterocycles. The highest BCUT2D eigenvalue weighted by Gasteiger charge is 2.19. The smallest absolute Gasteiger partial charge is 0.263 e. The fourth-order valence-electron chi connectivity index (χ4n) is 1.72. The molecule has 0 atom stereocenters. The molecule has 7 heteroatoms. The molecule has 0 aliphatic carbocycles. The Morgan fingerprint density at radius 1 is 1.35 bits per heavy atom. The third kappa shape index (κ3) is 3.53. The van der Waals surface area contributed by atoms with Gasteiger partial charge in [-0.05, 0) is 48.0 Å². The zero-order valence-electron chi connectivity index (χ0n) is 11.0. The molecule has 4 nitrogen and oxygen atoms in total. The van der Waals surface area contributed by atoms with E-state index >= 15 is 0 Å². The fourth-order valence-corrected chi connectivity index (χ4v) is 5.19. The van der Waals surface area contributed by atoms with Crippen LogP contribution in [0.5, 0.6) is 5.75 Å². The molecule has 0 unspecified atom stereocenters. The van der Waals surface area contributed by atoms with E-state index in [9.17, 15) is 8.42 Å². The number of sulfonamides is 1. The molecule has 0 spiro atoms. The minimum absolute atomic E-state index is 0.288. The summed E-state index contributed by atoms with van der Waals surface area (Å²) in [5, 5.41) is 0. The molecule has 2 rings (SSSR count). The summed E-state index contributed by atoms with van der Waals surface area (Å²) in [5.74, 6) is 0.635. The van der Waals surface area contributed by atoms with Gasteiger partial charge < -0.3 is 4.74 Å². The molecule has 2 aromatic rings. The standard InChI is InChI=1S/C13H14BrNO3S2/c1-3-18-11-6-4-5-10(7-11)15-20(16,17)12-8-13(14)19-9(12)2/h4-8,15H,3H2,1-2H3. The molecular weight excluding hydrogens is 362 g/mol. The van der Waals surface area contributed by atoms with Crippen molar-refractivity contribution in [3.63, 3.8) is 0 Å². The number of ether oxygens (including phenoxy) is 1. The van der Waals surface area contributed by atoms with Gasteiger partial charge >= 0.3 is 0 Å². The van der Waals surface area contributed by atoms with Gasteiger partial charge in [0.05, 0.1) is 16.1 Å². The molecular formula is C13H14BrNO3S2. The van der Waals surface area contributed by atoms with Gasteiger partial charge in [-0.15, -0.1) is 11.3 Å². The lowest BCUT2D eigenvalue weighted by Gasteiger charge is -2.09. The summed E-state index contributed by atoms with van der Waals surface area (Å²) in [7, 11) is -3.58. The van der Waals surface area contributed by atoms with Crippen molar-refractivity contribution < 1.29 is 13.2 Å². The van der Waals surface area contributed by atoms with E-state index in [1.807, 2.05) is 6.92 Å². The second-order valence-electron chi connectivity index (χ2n) is 4.04. The monoisotopic (exact) mass is 375 g/mol. The minimum atomic E-state index is -3.58. The van der Waals surface area contributed by atoms with E-state index in [4.69, 9.17) is 4.74 Å². The van der Waals surface area contributed by atoms with E-state index < -0.39 is 10.0 Å². The Labute approximate surface area is 131 Å². The van der Waals surface area contributed by atoms with Crippen LogP contribution in [0, 0.1) is 6.92 Å². The highest BCUT2D eigenvalue weighted by atomic mass is 79.9. The predicted octanol–water partition coefficient (Wildman–Crippen LogP) is 4.02. The van der Waals surface area contributed by atoms with Crippen LogP contribution in [0.1, 0.15) is 11.8 Å². The third-order valence-electron chi connectivity index (χ3n) is 2.53. The van der Waals surface area contributed by atoms with Gasteiger partial charge in [-0.3, -0.25) is 4.72 Å². The van der Waals surface area contributed by atoms with Crippen LogP contribution < -0.4 is 9.46 Å². The Morgan fingerprint density at radius 2 is 2.10 bits per heavy atom. The Morgan fingerprint density at radius 3 is 2.70 bits per heavy atom. The first-order valence-corrected chi connectivity index (χ1v) is 9.03. The van der Waals surface area contributed by atoms with E-state index in [1.165, 1.54) is 11.3 Å². The van der Waals surface area contributed by atoms with Gasteiger partial charge in [-0.2, -0.15) is 0 Å². The molecule has 0 aliphatic heterocycles. The summed E-state index contributed by atoms with van der Waals surface area (Å²) in [6.45, 7) is 4.19. The second kappa shape index (κ2) is 6.15. The summed E-state index contributed by atoms with van der Waals surface area (Å²) < 4.78 is 33.4. The number of rotatable bonds is 5. The highest BCUT2D eigenvalue weighted by molar-refractivity contribution is 9.11. The number of hydrogen-bond acceptors (Lipinski definition) is 4. The number of anilines is 1. The summed E-state index contributed by atoms with van der Waals surface area (Å²) in [6, 6.07) is 8.50. The molecule has 1 aromatic carbocycles. The van der Waals surface area contributed by atoms with E-state index in [0.29, 0.717) is 18.0 Å². The van der Waals surface area contributed by atoms with Gasteiger partial charge in [0, 0.05) is 10.9 Å². The lowest BCUT2D eigenvalue weighted by molar-refractivity contribution is 0.340. The van der Waals surface area contributed by atoms with Crippen LogP contribution in [-0.4, -0.2) is 15.0 Å². The van der Waals surface area contributed by atoms with Crippen LogP contribution in [0.2, 0.25) is 0 Å². The van der Waals surface area contributed by atoms with Gasteiger partial charge in [0.25, 0.3) is 10.0 Å². The number of hydrogen-bond donors (Lipinski definition) is 1. The van der Waals surface area contributed by atoms with Crippen molar-refractivity contribution in [1.29, 1.82) is 0 Å². The maximum Gasteiger partial charge on any atom is 0.263 e. The fraction of sp³-hybridized carbons (Fsp3) is 0.231. The van der Waals surface area contributed by atoms with Gasteiger partial charge in [0.1, 0.15) is 10.6 Å². The van der Waals surface area contributed by atoms with E-state index in [2.05, 4.69) is 20.7 Å². The number of halogens is 1. The average molecular weight is 376 g/mol. The van der Waals surface area contributed by atoms with Crippen molar-refractivity contribution in [2.45, 2.75) is 18.7 Å². The number of aryl methyl sites for hydroxylation is 1. The van der Waals surface area contributed by atoms with Crippen LogP contribution in [-0.2, 0) is 10.0 Å². The summed E-state index contributed by atoms with van der Waals surface area (Å²) >= 11 is 4.69. The first-order valence-electron chi connectivity index (χ1n) is 5.94. The first-order chi connectivity index (χ1) is 9.42. The molecule has 1 aromatic heterocycles. The SMILES string of the molecule is CCOc1cccc(NS(=O)(=O)c2cc(Br)sc2C)c1. The van der Waals surface area contributed by atoms with Crippen LogP contribution >= 0.6 is 27.3 Å². The van der Waals surface area contributed by atoms with Gasteiger partial charge in [-0.25, -0.2) is 8.42 Å². The molecule has 0 fully saturated rings. The number of thiophene rings is 1. The lowest BCUT2D eigenvalue weighted by Crippen LogP contribution is -2.13. The molecule has 1 N–H and O–H groups in total. The minimum Gasteiger partial charge on any atom is -0.494 e. The summed E-state index contributed by atoms with van der Waals surface area (Å²) in [6.07, 6.45) is 0. The number of benzene rings is 1. The van der Waals surface area contributed by atoms with Crippen LogP contribution in [0.4, 0.5) is 5.69 Å². The Balaban J connectivity index is 2.28. The molecule has 0 radical (unpaired) electrons. The van der Waals surface area contributed by atoms with Gasteiger partial charge in [0.15, 0.2) is 0 Å². The van der Waals surface area contributed by atoms with Crippen LogP contribution in [0.15, 0.2) is 39.0 Å². The second-order valence-corrected chi connectivity index (χ2v) is 8.32. The molecule has 1 heterocycles. The van der Waals surface area contributed by atoms with Crippen molar-refractivity contribution >= 4 is 43.0 Å². The first kappa shape index (κ1) is 15.3. The zero-order valence-corrected chi connectivity index (χ0v) is 14.2. The Hall–Kier alpha value is -1.05. The van der Waals surface area contributed by atoms with Crippen LogP contribution in [0.25, 0.3) is 0 Å². The van der Waals surface area contributed by atoms with Crippen molar-refractivity contribution in [3.8, 4) is 5.75 Å². The molecule has 0 saturated carbocycles. The topological polar surface area (TPSA) is 55.4 Å².